The number of carbonyl (C=O) groups is 2. The van der Waals surface area contributed by atoms with Crippen molar-refractivity contribution in [2.45, 2.75) is 59.9 Å². The van der Waals surface area contributed by atoms with Crippen LogP contribution in [0.5, 0.6) is 0 Å². The van der Waals surface area contributed by atoms with Crippen molar-refractivity contribution in [2.24, 2.45) is 11.3 Å². The standard InChI is InChI=1S/C15H28N2O2/c1-14(2,3)11-10-12(18)17(13(11)19)9-7-8-16-15(4,5)6/h11,16H,7-10H2,1-6H3. The van der Waals surface area contributed by atoms with E-state index < -0.39 is 0 Å². The highest BCUT2D eigenvalue weighted by molar-refractivity contribution is 6.03. The number of carbonyl (C=O) groups excluding carboxylic acids is 2. The highest BCUT2D eigenvalue weighted by Gasteiger charge is 2.44. The van der Waals surface area contributed by atoms with Gasteiger partial charge in [-0.25, -0.2) is 0 Å². The van der Waals surface area contributed by atoms with Crippen LogP contribution in [0.15, 0.2) is 0 Å². The molecule has 0 spiro atoms. The van der Waals surface area contributed by atoms with E-state index in [9.17, 15) is 9.59 Å². The molecule has 1 aliphatic heterocycles. The fourth-order valence-corrected chi connectivity index (χ4v) is 2.30. The molecule has 0 aromatic heterocycles. The average molecular weight is 268 g/mol. The van der Waals surface area contributed by atoms with Crippen molar-refractivity contribution in [3.63, 3.8) is 0 Å². The molecule has 1 saturated heterocycles. The zero-order valence-electron chi connectivity index (χ0n) is 13.2. The Morgan fingerprint density at radius 3 is 2.16 bits per heavy atom. The van der Waals surface area contributed by atoms with Gasteiger partial charge in [0, 0.05) is 18.5 Å². The van der Waals surface area contributed by atoms with E-state index in [0.29, 0.717) is 13.0 Å². The van der Waals surface area contributed by atoms with Gasteiger partial charge in [-0.15, -0.1) is 0 Å². The van der Waals surface area contributed by atoms with Gasteiger partial charge in [0.1, 0.15) is 0 Å². The summed E-state index contributed by atoms with van der Waals surface area (Å²) in [6, 6.07) is 0. The minimum absolute atomic E-state index is 0.00765. The van der Waals surface area contributed by atoms with Crippen LogP contribution in [0.2, 0.25) is 0 Å². The van der Waals surface area contributed by atoms with Crippen molar-refractivity contribution in [1.82, 2.24) is 10.2 Å². The van der Waals surface area contributed by atoms with Crippen LogP contribution in [0.4, 0.5) is 0 Å². The Morgan fingerprint density at radius 1 is 1.16 bits per heavy atom. The van der Waals surface area contributed by atoms with E-state index in [-0.39, 0.29) is 28.7 Å². The molecule has 4 nitrogen and oxygen atoms in total. The van der Waals surface area contributed by atoms with Crippen molar-refractivity contribution in [2.75, 3.05) is 13.1 Å². The Kier molecular flexibility index (Phi) is 4.77. The zero-order valence-corrected chi connectivity index (χ0v) is 13.2. The second-order valence-electron chi connectivity index (χ2n) is 7.54. The predicted molar refractivity (Wildman–Crippen MR) is 76.7 cm³/mol. The van der Waals surface area contributed by atoms with Gasteiger partial charge >= 0.3 is 0 Å². The third-order valence-electron chi connectivity index (χ3n) is 3.50. The number of imide groups is 1. The molecular weight excluding hydrogens is 240 g/mol. The summed E-state index contributed by atoms with van der Waals surface area (Å²) in [6.07, 6.45) is 1.18. The first-order valence-electron chi connectivity index (χ1n) is 7.11. The van der Waals surface area contributed by atoms with E-state index in [1.165, 1.54) is 4.90 Å². The maximum Gasteiger partial charge on any atom is 0.233 e. The molecule has 1 unspecified atom stereocenters. The minimum Gasteiger partial charge on any atom is -0.312 e. The molecule has 0 aliphatic carbocycles. The highest BCUT2D eigenvalue weighted by atomic mass is 16.2. The molecule has 1 heterocycles. The molecule has 0 saturated carbocycles. The molecule has 1 N–H and O–H groups in total. The summed E-state index contributed by atoms with van der Waals surface area (Å²) >= 11 is 0. The molecule has 2 amide bonds. The van der Waals surface area contributed by atoms with E-state index >= 15 is 0 Å². The number of nitrogens with one attached hydrogen (secondary N) is 1. The van der Waals surface area contributed by atoms with E-state index in [2.05, 4.69) is 26.1 Å². The summed E-state index contributed by atoms with van der Waals surface area (Å²) in [5.41, 5.74) is -0.0574. The van der Waals surface area contributed by atoms with Gasteiger partial charge in [0.25, 0.3) is 0 Å². The molecule has 4 heteroatoms. The van der Waals surface area contributed by atoms with Crippen LogP contribution in [0.1, 0.15) is 54.4 Å². The Morgan fingerprint density at radius 2 is 1.74 bits per heavy atom. The third kappa shape index (κ3) is 4.60. The molecule has 0 radical (unpaired) electrons. The predicted octanol–water partition coefficient (Wildman–Crippen LogP) is 2.19. The minimum atomic E-state index is -0.157. The normalized spacial score (nSPS) is 21.4. The molecule has 1 fully saturated rings. The van der Waals surface area contributed by atoms with E-state index in [1.54, 1.807) is 0 Å². The summed E-state index contributed by atoms with van der Waals surface area (Å²) in [5.74, 6) is -0.162. The summed E-state index contributed by atoms with van der Waals surface area (Å²) in [6.45, 7) is 13.7. The maximum atomic E-state index is 12.2. The molecule has 1 atom stereocenters. The highest BCUT2D eigenvalue weighted by Crippen LogP contribution is 2.35. The molecule has 0 aromatic carbocycles. The Hall–Kier alpha value is -0.900. The van der Waals surface area contributed by atoms with Gasteiger partial charge in [0.15, 0.2) is 0 Å². The summed E-state index contributed by atoms with van der Waals surface area (Å²) in [7, 11) is 0. The molecule has 1 aliphatic rings. The first-order chi connectivity index (χ1) is 8.52. The van der Waals surface area contributed by atoms with Gasteiger partial charge in [0.2, 0.25) is 11.8 Å². The van der Waals surface area contributed by atoms with Crippen LogP contribution in [-0.2, 0) is 9.59 Å². The fraction of sp³-hybridized carbons (Fsp3) is 0.867. The lowest BCUT2D eigenvalue weighted by Crippen LogP contribution is -2.39. The topological polar surface area (TPSA) is 49.4 Å². The van der Waals surface area contributed by atoms with Crippen molar-refractivity contribution >= 4 is 11.8 Å². The summed E-state index contributed by atoms with van der Waals surface area (Å²) < 4.78 is 0. The number of likely N-dealkylation sites (tertiary alicyclic amines) is 1. The number of hydrogen-bond donors (Lipinski definition) is 1. The van der Waals surface area contributed by atoms with Gasteiger partial charge in [-0.3, -0.25) is 14.5 Å². The number of amides is 2. The molecule has 1 rings (SSSR count). The second kappa shape index (κ2) is 5.61. The van der Waals surface area contributed by atoms with Crippen LogP contribution in [-0.4, -0.2) is 35.3 Å². The molecule has 0 aromatic rings. The number of nitrogens with zero attached hydrogens (tertiary/aromatic N) is 1. The van der Waals surface area contributed by atoms with Crippen molar-refractivity contribution in [1.29, 1.82) is 0 Å². The van der Waals surface area contributed by atoms with Crippen molar-refractivity contribution < 1.29 is 9.59 Å². The maximum absolute atomic E-state index is 12.2. The number of rotatable bonds is 4. The molecular formula is C15H28N2O2. The first-order valence-corrected chi connectivity index (χ1v) is 7.11. The van der Waals surface area contributed by atoms with Gasteiger partial charge in [-0.1, -0.05) is 20.8 Å². The van der Waals surface area contributed by atoms with Gasteiger partial charge < -0.3 is 5.32 Å². The molecule has 19 heavy (non-hydrogen) atoms. The quantitative estimate of drug-likeness (QED) is 0.628. The monoisotopic (exact) mass is 268 g/mol. The summed E-state index contributed by atoms with van der Waals surface area (Å²) in [5, 5.41) is 3.37. The largest absolute Gasteiger partial charge is 0.312 e. The SMILES string of the molecule is CC(C)(C)NCCCN1C(=O)CC(C(C)(C)C)C1=O. The van der Waals surface area contributed by atoms with Crippen molar-refractivity contribution in [3.05, 3.63) is 0 Å². The average Bonchev–Trinajstić information content (AvgIpc) is 2.48. The Labute approximate surface area is 116 Å². The Bertz CT molecular complexity index is 350. The molecule has 110 valence electrons. The third-order valence-corrected chi connectivity index (χ3v) is 3.50. The zero-order chi connectivity index (χ0) is 14.8. The lowest BCUT2D eigenvalue weighted by molar-refractivity contribution is -0.140. The van der Waals surface area contributed by atoms with Gasteiger partial charge in [-0.2, -0.15) is 0 Å². The fourth-order valence-electron chi connectivity index (χ4n) is 2.30. The van der Waals surface area contributed by atoms with E-state index in [1.807, 2.05) is 20.8 Å². The van der Waals surface area contributed by atoms with Gasteiger partial charge in [-0.05, 0) is 39.2 Å². The van der Waals surface area contributed by atoms with Gasteiger partial charge in [0.05, 0.1) is 5.92 Å². The number of hydrogen-bond acceptors (Lipinski definition) is 3. The second-order valence-corrected chi connectivity index (χ2v) is 7.54. The van der Waals surface area contributed by atoms with Crippen LogP contribution < -0.4 is 5.32 Å². The van der Waals surface area contributed by atoms with Crippen LogP contribution >= 0.6 is 0 Å². The van der Waals surface area contributed by atoms with Crippen molar-refractivity contribution in [3.8, 4) is 0 Å². The molecule has 0 bridgehead atoms. The van der Waals surface area contributed by atoms with Crippen LogP contribution in [0.25, 0.3) is 0 Å². The smallest absolute Gasteiger partial charge is 0.233 e. The lowest BCUT2D eigenvalue weighted by atomic mass is 9.80. The first kappa shape index (κ1) is 16.2. The Balaban J connectivity index is 2.47. The van der Waals surface area contributed by atoms with E-state index in [0.717, 1.165) is 13.0 Å². The lowest BCUT2D eigenvalue weighted by Gasteiger charge is -2.25. The van der Waals surface area contributed by atoms with Crippen LogP contribution in [0, 0.1) is 11.3 Å². The van der Waals surface area contributed by atoms with Crippen LogP contribution in [0.3, 0.4) is 0 Å². The van der Waals surface area contributed by atoms with E-state index in [4.69, 9.17) is 0 Å². The summed E-state index contributed by atoms with van der Waals surface area (Å²) in [4.78, 5) is 25.6.